The quantitative estimate of drug-likeness (QED) is 0.417. The predicted molar refractivity (Wildman–Crippen MR) is 133 cm³/mol. The lowest BCUT2D eigenvalue weighted by Crippen LogP contribution is -2.35. The van der Waals surface area contributed by atoms with E-state index in [4.69, 9.17) is 4.98 Å². The van der Waals surface area contributed by atoms with E-state index < -0.39 is 0 Å². The van der Waals surface area contributed by atoms with Gasteiger partial charge in [-0.2, -0.15) is 5.10 Å². The van der Waals surface area contributed by atoms with E-state index in [1.807, 2.05) is 33.2 Å². The van der Waals surface area contributed by atoms with E-state index in [0.29, 0.717) is 5.56 Å². The summed E-state index contributed by atoms with van der Waals surface area (Å²) in [5, 5.41) is 7.43. The highest BCUT2D eigenvalue weighted by Gasteiger charge is 2.25. The molecule has 0 unspecified atom stereocenters. The molecule has 0 N–H and O–H groups in total. The normalized spacial score (nSPS) is 15.3. The third-order valence-corrected chi connectivity index (χ3v) is 7.08. The standard InChI is InChI=1S/C26H29N5OS/c1-19(2)31-25-22(17-27-31)21(16-23(28-25)24-10-6-15-33-24)26(32)30-12-7-11-29(13-14-30)18-20-8-4-3-5-9-20/h3-6,8-10,15-17,19H,7,11-14,18H2,1-2H3. The van der Waals surface area contributed by atoms with Crippen molar-refractivity contribution in [3.8, 4) is 10.6 Å². The number of rotatable bonds is 5. The largest absolute Gasteiger partial charge is 0.337 e. The summed E-state index contributed by atoms with van der Waals surface area (Å²) >= 11 is 1.64. The maximum Gasteiger partial charge on any atom is 0.254 e. The van der Waals surface area contributed by atoms with Crippen LogP contribution in [0, 0.1) is 0 Å². The third kappa shape index (κ3) is 4.56. The molecule has 1 aliphatic heterocycles. The van der Waals surface area contributed by atoms with Gasteiger partial charge in [0.1, 0.15) is 0 Å². The van der Waals surface area contributed by atoms with Gasteiger partial charge in [0.25, 0.3) is 5.91 Å². The van der Waals surface area contributed by atoms with Crippen molar-refractivity contribution in [3.63, 3.8) is 0 Å². The molecule has 1 aromatic carbocycles. The maximum atomic E-state index is 13.8. The summed E-state index contributed by atoms with van der Waals surface area (Å²) in [6.07, 6.45) is 2.77. The second-order valence-electron chi connectivity index (χ2n) is 8.86. The zero-order valence-electron chi connectivity index (χ0n) is 19.1. The minimum atomic E-state index is 0.0741. The van der Waals surface area contributed by atoms with Crippen molar-refractivity contribution in [2.24, 2.45) is 0 Å². The number of aromatic nitrogens is 3. The first-order chi connectivity index (χ1) is 16.1. The number of hydrogen-bond acceptors (Lipinski definition) is 5. The monoisotopic (exact) mass is 459 g/mol. The SMILES string of the molecule is CC(C)n1ncc2c(C(=O)N3CCCN(Cc4ccccc4)CC3)cc(-c3cccs3)nc21. The van der Waals surface area contributed by atoms with Gasteiger partial charge in [-0.05, 0) is 43.3 Å². The van der Waals surface area contributed by atoms with Gasteiger partial charge in [0.05, 0.1) is 27.7 Å². The van der Waals surface area contributed by atoms with Crippen molar-refractivity contribution in [2.45, 2.75) is 32.9 Å². The molecule has 33 heavy (non-hydrogen) atoms. The van der Waals surface area contributed by atoms with Gasteiger partial charge in [-0.1, -0.05) is 36.4 Å². The minimum Gasteiger partial charge on any atom is -0.337 e. The summed E-state index contributed by atoms with van der Waals surface area (Å²) in [4.78, 5) is 24.2. The second-order valence-corrected chi connectivity index (χ2v) is 9.81. The third-order valence-electron chi connectivity index (χ3n) is 6.18. The van der Waals surface area contributed by atoms with Gasteiger partial charge in [-0.25, -0.2) is 9.67 Å². The fourth-order valence-electron chi connectivity index (χ4n) is 4.47. The lowest BCUT2D eigenvalue weighted by atomic mass is 10.1. The van der Waals surface area contributed by atoms with E-state index in [1.165, 1.54) is 5.56 Å². The number of nitrogens with zero attached hydrogens (tertiary/aromatic N) is 5. The first-order valence-corrected chi connectivity index (χ1v) is 12.5. The smallest absolute Gasteiger partial charge is 0.254 e. The fourth-order valence-corrected chi connectivity index (χ4v) is 5.15. The van der Waals surface area contributed by atoms with E-state index in [-0.39, 0.29) is 11.9 Å². The van der Waals surface area contributed by atoms with Gasteiger partial charge in [0.2, 0.25) is 0 Å². The van der Waals surface area contributed by atoms with Crippen LogP contribution < -0.4 is 0 Å². The van der Waals surface area contributed by atoms with Gasteiger partial charge in [0.15, 0.2) is 5.65 Å². The van der Waals surface area contributed by atoms with Gasteiger partial charge < -0.3 is 4.90 Å². The maximum absolute atomic E-state index is 13.8. The first-order valence-electron chi connectivity index (χ1n) is 11.6. The summed E-state index contributed by atoms with van der Waals surface area (Å²) in [6.45, 7) is 8.45. The first kappa shape index (κ1) is 21.8. The van der Waals surface area contributed by atoms with Crippen LogP contribution in [-0.4, -0.2) is 56.7 Å². The number of hydrogen-bond donors (Lipinski definition) is 0. The van der Waals surface area contributed by atoms with Crippen LogP contribution in [0.5, 0.6) is 0 Å². The molecule has 5 rings (SSSR count). The molecule has 6 nitrogen and oxygen atoms in total. The van der Waals surface area contributed by atoms with Crippen LogP contribution in [-0.2, 0) is 6.54 Å². The molecule has 0 saturated carbocycles. The van der Waals surface area contributed by atoms with Crippen molar-refractivity contribution >= 4 is 28.3 Å². The average molecular weight is 460 g/mol. The van der Waals surface area contributed by atoms with Gasteiger partial charge >= 0.3 is 0 Å². The Hall–Kier alpha value is -3.03. The summed E-state index contributed by atoms with van der Waals surface area (Å²) < 4.78 is 1.91. The Balaban J connectivity index is 1.43. The number of carbonyl (C=O) groups is 1. The van der Waals surface area contributed by atoms with Crippen LogP contribution >= 0.6 is 11.3 Å². The van der Waals surface area contributed by atoms with Crippen LogP contribution in [0.1, 0.15) is 42.2 Å². The van der Waals surface area contributed by atoms with Crippen molar-refractivity contribution in [2.75, 3.05) is 26.2 Å². The Morgan fingerprint density at radius 3 is 2.67 bits per heavy atom. The molecule has 1 aliphatic rings. The molecule has 4 heterocycles. The second kappa shape index (κ2) is 9.45. The summed E-state index contributed by atoms with van der Waals surface area (Å²) in [5.41, 5.74) is 3.63. The van der Waals surface area contributed by atoms with Crippen molar-refractivity contribution in [3.05, 3.63) is 71.2 Å². The molecule has 1 saturated heterocycles. The van der Waals surface area contributed by atoms with Crippen LogP contribution in [0.15, 0.2) is 60.1 Å². The Kier molecular flexibility index (Phi) is 6.24. The molecule has 7 heteroatoms. The molecule has 0 bridgehead atoms. The summed E-state index contributed by atoms with van der Waals surface area (Å²) in [7, 11) is 0. The van der Waals surface area contributed by atoms with Gasteiger partial charge in [-0.15, -0.1) is 11.3 Å². The number of amides is 1. The van der Waals surface area contributed by atoms with Crippen molar-refractivity contribution in [1.29, 1.82) is 0 Å². The summed E-state index contributed by atoms with van der Waals surface area (Å²) in [5.74, 6) is 0.0741. The van der Waals surface area contributed by atoms with E-state index in [2.05, 4.69) is 54.2 Å². The molecular weight excluding hydrogens is 430 g/mol. The highest BCUT2D eigenvalue weighted by atomic mass is 32.1. The average Bonchev–Trinajstić information content (AvgIpc) is 3.45. The topological polar surface area (TPSA) is 54.3 Å². The molecule has 0 atom stereocenters. The molecular formula is C26H29N5OS. The number of carbonyl (C=O) groups excluding carboxylic acids is 1. The van der Waals surface area contributed by atoms with Gasteiger partial charge in [-0.3, -0.25) is 9.69 Å². The zero-order valence-corrected chi connectivity index (χ0v) is 20.0. The van der Waals surface area contributed by atoms with E-state index in [9.17, 15) is 4.79 Å². The molecule has 0 radical (unpaired) electrons. The lowest BCUT2D eigenvalue weighted by molar-refractivity contribution is 0.0763. The van der Waals surface area contributed by atoms with Gasteiger partial charge in [0, 0.05) is 38.8 Å². The fraction of sp³-hybridized carbons (Fsp3) is 0.346. The number of benzene rings is 1. The lowest BCUT2D eigenvalue weighted by Gasteiger charge is -2.22. The van der Waals surface area contributed by atoms with Crippen LogP contribution in [0.25, 0.3) is 21.6 Å². The summed E-state index contributed by atoms with van der Waals surface area (Å²) in [6, 6.07) is 16.7. The number of thiophene rings is 1. The Bertz CT molecular complexity index is 1230. The van der Waals surface area contributed by atoms with Crippen molar-refractivity contribution < 1.29 is 4.79 Å². The zero-order chi connectivity index (χ0) is 22.8. The molecule has 0 spiro atoms. The number of fused-ring (bicyclic) bond motifs is 1. The highest BCUT2D eigenvalue weighted by molar-refractivity contribution is 7.13. The Morgan fingerprint density at radius 2 is 1.91 bits per heavy atom. The number of pyridine rings is 1. The van der Waals surface area contributed by atoms with Crippen LogP contribution in [0.2, 0.25) is 0 Å². The van der Waals surface area contributed by atoms with E-state index in [0.717, 1.165) is 60.7 Å². The van der Waals surface area contributed by atoms with Crippen LogP contribution in [0.4, 0.5) is 0 Å². The molecule has 0 aliphatic carbocycles. The molecule has 1 fully saturated rings. The van der Waals surface area contributed by atoms with Crippen molar-refractivity contribution in [1.82, 2.24) is 24.6 Å². The Labute approximate surface area is 198 Å². The molecule has 3 aromatic heterocycles. The minimum absolute atomic E-state index is 0.0741. The van der Waals surface area contributed by atoms with E-state index in [1.54, 1.807) is 17.5 Å². The van der Waals surface area contributed by atoms with Crippen LogP contribution in [0.3, 0.4) is 0 Å². The predicted octanol–water partition coefficient (Wildman–Crippen LogP) is 5.09. The Morgan fingerprint density at radius 1 is 1.06 bits per heavy atom. The van der Waals surface area contributed by atoms with E-state index >= 15 is 0 Å². The highest BCUT2D eigenvalue weighted by Crippen LogP contribution is 2.29. The molecule has 4 aromatic rings. The molecule has 1 amide bonds. The molecule has 170 valence electrons.